The van der Waals surface area contributed by atoms with Crippen molar-refractivity contribution in [2.75, 3.05) is 0 Å². The van der Waals surface area contributed by atoms with Crippen LogP contribution in [0.25, 0.3) is 43.8 Å². The van der Waals surface area contributed by atoms with Gasteiger partial charge in [0.1, 0.15) is 0 Å². The highest BCUT2D eigenvalue weighted by Crippen LogP contribution is 2.50. The Kier molecular flexibility index (Phi) is 6.62. The molecule has 0 saturated carbocycles. The molecule has 0 amide bonds. The first-order valence-electron chi connectivity index (χ1n) is 13.2. The standard InChI is InChI=1S/C19H14Br2.C17H10Br2/c1-19(2)15-5-3-4-14-17(21)9-8-13(18(14)15)12-7-6-11(20)10-16(12)19;18-12-4-5-13-11(9-12)8-10-2-1-3-15-16(19)7-6-14(13)17(10)15/h3-10H,1-2H3;1-7,9H,8H2. The van der Waals surface area contributed by atoms with Crippen LogP contribution in [0, 0.1) is 0 Å². The van der Waals surface area contributed by atoms with Crippen LogP contribution in [0.2, 0.25) is 0 Å². The quantitative estimate of drug-likeness (QED) is 0.144. The van der Waals surface area contributed by atoms with Crippen LogP contribution < -0.4 is 0 Å². The molecule has 40 heavy (non-hydrogen) atoms. The van der Waals surface area contributed by atoms with Gasteiger partial charge in [-0.2, -0.15) is 0 Å². The summed E-state index contributed by atoms with van der Waals surface area (Å²) < 4.78 is 4.63. The van der Waals surface area contributed by atoms with E-state index in [0.717, 1.165) is 15.4 Å². The highest BCUT2D eigenvalue weighted by molar-refractivity contribution is 9.11. The monoisotopic (exact) mass is 772 g/mol. The van der Waals surface area contributed by atoms with Crippen molar-refractivity contribution in [2.45, 2.75) is 25.7 Å². The second-order valence-corrected chi connectivity index (χ2v) is 14.6. The van der Waals surface area contributed by atoms with E-state index in [1.165, 1.54) is 75.0 Å². The molecular formula is C36H24Br4. The maximum Gasteiger partial charge on any atom is 0.0254 e. The molecular weight excluding hydrogens is 752 g/mol. The van der Waals surface area contributed by atoms with Gasteiger partial charge in [0.05, 0.1) is 0 Å². The highest BCUT2D eigenvalue weighted by atomic mass is 79.9. The second kappa shape index (κ2) is 9.94. The van der Waals surface area contributed by atoms with Crippen LogP contribution in [0.15, 0.2) is 115 Å². The van der Waals surface area contributed by atoms with Crippen molar-refractivity contribution in [1.82, 2.24) is 0 Å². The summed E-state index contributed by atoms with van der Waals surface area (Å²) in [6.07, 6.45) is 1.01. The Morgan fingerprint density at radius 1 is 0.500 bits per heavy atom. The average molecular weight is 776 g/mol. The van der Waals surface area contributed by atoms with Crippen LogP contribution in [-0.2, 0) is 11.8 Å². The molecule has 0 atom stereocenters. The third kappa shape index (κ3) is 4.17. The Bertz CT molecular complexity index is 2000. The maximum absolute atomic E-state index is 3.70. The first-order chi connectivity index (χ1) is 19.2. The first-order valence-corrected chi connectivity index (χ1v) is 16.4. The first kappa shape index (κ1) is 26.6. The lowest BCUT2D eigenvalue weighted by atomic mass is 9.68. The predicted molar refractivity (Wildman–Crippen MR) is 185 cm³/mol. The molecule has 0 aromatic heterocycles. The number of rotatable bonds is 0. The Labute approximate surface area is 268 Å². The van der Waals surface area contributed by atoms with Crippen molar-refractivity contribution in [3.05, 3.63) is 137 Å². The molecule has 0 heterocycles. The second-order valence-electron chi connectivity index (χ2n) is 11.1. The van der Waals surface area contributed by atoms with E-state index < -0.39 is 0 Å². The fraction of sp³-hybridized carbons (Fsp3) is 0.111. The molecule has 0 unspecified atom stereocenters. The minimum absolute atomic E-state index is 0.00637. The molecule has 0 bridgehead atoms. The Morgan fingerprint density at radius 3 is 1.80 bits per heavy atom. The van der Waals surface area contributed by atoms with Crippen molar-refractivity contribution < 1.29 is 0 Å². The number of halogens is 4. The van der Waals surface area contributed by atoms with Gasteiger partial charge in [0.15, 0.2) is 0 Å². The molecule has 0 spiro atoms. The summed E-state index contributed by atoms with van der Waals surface area (Å²) in [5.41, 5.74) is 11.0. The van der Waals surface area contributed by atoms with Crippen molar-refractivity contribution >= 4 is 85.3 Å². The predicted octanol–water partition coefficient (Wildman–Crippen LogP) is 12.6. The van der Waals surface area contributed by atoms with Crippen LogP contribution in [-0.4, -0.2) is 0 Å². The van der Waals surface area contributed by atoms with Crippen molar-refractivity contribution in [3.63, 3.8) is 0 Å². The molecule has 8 rings (SSSR count). The van der Waals surface area contributed by atoms with Gasteiger partial charge in [0.25, 0.3) is 0 Å². The molecule has 0 nitrogen and oxygen atoms in total. The summed E-state index contributed by atoms with van der Waals surface area (Å²) in [4.78, 5) is 0. The average Bonchev–Trinajstić information content (AvgIpc) is 2.94. The van der Waals surface area contributed by atoms with Gasteiger partial charge >= 0.3 is 0 Å². The zero-order valence-electron chi connectivity index (χ0n) is 22.0. The lowest BCUT2D eigenvalue weighted by Crippen LogP contribution is -2.23. The zero-order chi connectivity index (χ0) is 27.8. The summed E-state index contributed by atoms with van der Waals surface area (Å²) in [5.74, 6) is 0. The Morgan fingerprint density at radius 2 is 1.07 bits per heavy atom. The van der Waals surface area contributed by atoms with Gasteiger partial charge in [-0.25, -0.2) is 0 Å². The van der Waals surface area contributed by atoms with Gasteiger partial charge in [0, 0.05) is 23.3 Å². The van der Waals surface area contributed by atoms with Gasteiger partial charge in [-0.05, 0) is 109 Å². The summed E-state index contributed by atoms with van der Waals surface area (Å²) in [7, 11) is 0. The topological polar surface area (TPSA) is 0 Å². The largest absolute Gasteiger partial charge is 0.0613 e. The van der Waals surface area contributed by atoms with Crippen LogP contribution >= 0.6 is 63.7 Å². The van der Waals surface area contributed by atoms with E-state index in [1.807, 2.05) is 0 Å². The van der Waals surface area contributed by atoms with Crippen molar-refractivity contribution in [1.29, 1.82) is 0 Å². The summed E-state index contributed by atoms with van der Waals surface area (Å²) >= 11 is 14.6. The lowest BCUT2D eigenvalue weighted by Gasteiger charge is -2.35. The molecule has 6 aromatic carbocycles. The van der Waals surface area contributed by atoms with Crippen molar-refractivity contribution in [3.8, 4) is 22.3 Å². The normalized spacial score (nSPS) is 13.8. The van der Waals surface area contributed by atoms with Crippen LogP contribution in [0.5, 0.6) is 0 Å². The SMILES string of the molecule is Brc1ccc2c(c1)Cc1cccc3c(Br)ccc-2c13.CC1(C)c2cc(Br)ccc2-c2ccc(Br)c3cccc1c23. The summed E-state index contributed by atoms with van der Waals surface area (Å²) in [5, 5.41) is 5.38. The number of benzene rings is 6. The molecule has 0 radical (unpaired) electrons. The molecule has 0 saturated heterocycles. The van der Waals surface area contributed by atoms with E-state index in [9.17, 15) is 0 Å². The number of hydrogen-bond donors (Lipinski definition) is 0. The van der Waals surface area contributed by atoms with E-state index in [4.69, 9.17) is 0 Å². The molecule has 4 heteroatoms. The smallest absolute Gasteiger partial charge is 0.0254 e. The lowest BCUT2D eigenvalue weighted by molar-refractivity contribution is 0.644. The fourth-order valence-electron chi connectivity index (χ4n) is 6.52. The summed E-state index contributed by atoms with van der Waals surface area (Å²) in [6.45, 7) is 4.63. The highest BCUT2D eigenvalue weighted by Gasteiger charge is 2.33. The Balaban J connectivity index is 0.000000133. The van der Waals surface area contributed by atoms with E-state index in [1.54, 1.807) is 0 Å². The molecule has 196 valence electrons. The summed E-state index contributed by atoms with van der Waals surface area (Å²) in [6, 6.07) is 35.2. The Hall–Kier alpha value is -2.24. The molecule has 2 aliphatic rings. The van der Waals surface area contributed by atoms with Crippen molar-refractivity contribution in [2.24, 2.45) is 0 Å². The van der Waals surface area contributed by atoms with Gasteiger partial charge < -0.3 is 0 Å². The van der Waals surface area contributed by atoms with E-state index in [0.29, 0.717) is 0 Å². The molecule has 0 aliphatic heterocycles. The van der Waals surface area contributed by atoms with Gasteiger partial charge in [-0.15, -0.1) is 0 Å². The molecule has 0 N–H and O–H groups in total. The molecule has 0 fully saturated rings. The van der Waals surface area contributed by atoms with Gasteiger partial charge in [-0.3, -0.25) is 0 Å². The molecule has 6 aromatic rings. The number of hydrogen-bond acceptors (Lipinski definition) is 0. The van der Waals surface area contributed by atoms with Crippen LogP contribution in [0.4, 0.5) is 0 Å². The zero-order valence-corrected chi connectivity index (χ0v) is 28.3. The minimum atomic E-state index is 0.00637. The fourth-order valence-corrected chi connectivity index (χ4v) is 8.22. The van der Waals surface area contributed by atoms with E-state index >= 15 is 0 Å². The van der Waals surface area contributed by atoms with Gasteiger partial charge in [-0.1, -0.05) is 138 Å². The van der Waals surface area contributed by atoms with E-state index in [-0.39, 0.29) is 5.41 Å². The molecule has 2 aliphatic carbocycles. The minimum Gasteiger partial charge on any atom is -0.0613 e. The number of fused-ring (bicyclic) bond motifs is 4. The third-order valence-corrected chi connectivity index (χ3v) is 10.8. The third-order valence-electron chi connectivity index (χ3n) is 8.42. The van der Waals surface area contributed by atoms with E-state index in [2.05, 4.69) is 175 Å². The van der Waals surface area contributed by atoms with Crippen LogP contribution in [0.1, 0.15) is 36.1 Å². The maximum atomic E-state index is 3.70. The van der Waals surface area contributed by atoms with Gasteiger partial charge in [0.2, 0.25) is 0 Å². The van der Waals surface area contributed by atoms with Crippen LogP contribution in [0.3, 0.4) is 0 Å².